The average Bonchev–Trinajstić information content (AvgIpc) is 1.99. The third kappa shape index (κ3) is 4.69. The van der Waals surface area contributed by atoms with Gasteiger partial charge in [-0.25, -0.2) is 0 Å². The number of rotatable bonds is 6. The Morgan fingerprint density at radius 2 is 1.62 bits per heavy atom. The molecular weight excluding hydrogens is 156 g/mol. The van der Waals surface area contributed by atoms with Gasteiger partial charge >= 0.3 is 0 Å². The summed E-state index contributed by atoms with van der Waals surface area (Å²) in [6.45, 7) is 14.2. The summed E-state index contributed by atoms with van der Waals surface area (Å²) in [6.07, 6.45) is 5.43. The van der Waals surface area contributed by atoms with E-state index >= 15 is 0 Å². The highest BCUT2D eigenvalue weighted by Crippen LogP contribution is 2.37. The predicted octanol–water partition coefficient (Wildman–Crippen LogP) is 4.89. The normalized spacial score (nSPS) is 15.0. The Morgan fingerprint density at radius 3 is 1.92 bits per heavy atom. The second-order valence-corrected chi connectivity index (χ2v) is 5.47. The van der Waals surface area contributed by atoms with Crippen molar-refractivity contribution in [3.63, 3.8) is 0 Å². The lowest BCUT2D eigenvalue weighted by atomic mass is 9.71. The maximum atomic E-state index is 2.44. The molecule has 13 heavy (non-hydrogen) atoms. The van der Waals surface area contributed by atoms with E-state index in [0.29, 0.717) is 5.41 Å². The van der Waals surface area contributed by atoms with E-state index in [1.54, 1.807) is 0 Å². The monoisotopic (exact) mass is 184 g/mol. The number of hydrogen-bond acceptors (Lipinski definition) is 0. The van der Waals surface area contributed by atoms with Crippen LogP contribution in [0.15, 0.2) is 0 Å². The van der Waals surface area contributed by atoms with Crippen LogP contribution in [-0.2, 0) is 0 Å². The van der Waals surface area contributed by atoms with Gasteiger partial charge in [0, 0.05) is 0 Å². The van der Waals surface area contributed by atoms with Crippen molar-refractivity contribution in [3.8, 4) is 0 Å². The molecule has 0 aliphatic carbocycles. The summed E-state index contributed by atoms with van der Waals surface area (Å²) >= 11 is 0. The van der Waals surface area contributed by atoms with Crippen LogP contribution in [0.1, 0.15) is 67.2 Å². The van der Waals surface area contributed by atoms with Crippen LogP contribution >= 0.6 is 0 Å². The molecule has 0 amide bonds. The molecule has 0 aromatic rings. The molecule has 0 heteroatoms. The summed E-state index contributed by atoms with van der Waals surface area (Å²) in [5.41, 5.74) is 0.549. The third-order valence-corrected chi connectivity index (χ3v) is 3.25. The second-order valence-electron chi connectivity index (χ2n) is 5.47. The summed E-state index contributed by atoms with van der Waals surface area (Å²) in [5, 5.41) is 0. The zero-order valence-corrected chi connectivity index (χ0v) is 10.5. The van der Waals surface area contributed by atoms with Gasteiger partial charge in [0.1, 0.15) is 0 Å². The van der Waals surface area contributed by atoms with Gasteiger partial charge in [-0.15, -0.1) is 0 Å². The molecule has 0 nitrogen and oxygen atoms in total. The van der Waals surface area contributed by atoms with E-state index in [-0.39, 0.29) is 0 Å². The van der Waals surface area contributed by atoms with Gasteiger partial charge in [-0.05, 0) is 30.1 Å². The first kappa shape index (κ1) is 13.0. The van der Waals surface area contributed by atoms with Gasteiger partial charge < -0.3 is 0 Å². The van der Waals surface area contributed by atoms with Crippen molar-refractivity contribution in [1.29, 1.82) is 0 Å². The highest BCUT2D eigenvalue weighted by atomic mass is 14.3. The lowest BCUT2D eigenvalue weighted by Gasteiger charge is -2.35. The fourth-order valence-corrected chi connectivity index (χ4v) is 2.46. The lowest BCUT2D eigenvalue weighted by molar-refractivity contribution is 0.159. The summed E-state index contributed by atoms with van der Waals surface area (Å²) in [6, 6.07) is 0. The highest BCUT2D eigenvalue weighted by Gasteiger charge is 2.27. The molecule has 0 bridgehead atoms. The van der Waals surface area contributed by atoms with Gasteiger partial charge in [-0.1, -0.05) is 54.4 Å². The van der Waals surface area contributed by atoms with Crippen molar-refractivity contribution in [1.82, 2.24) is 0 Å². The molecule has 1 unspecified atom stereocenters. The van der Waals surface area contributed by atoms with Gasteiger partial charge in [0.05, 0.1) is 0 Å². The Kier molecular flexibility index (Phi) is 5.67. The molecule has 0 heterocycles. The molecule has 0 saturated carbocycles. The Hall–Kier alpha value is 0. The van der Waals surface area contributed by atoms with Crippen molar-refractivity contribution in [2.24, 2.45) is 17.3 Å². The maximum absolute atomic E-state index is 2.44. The van der Waals surface area contributed by atoms with Gasteiger partial charge in [0.2, 0.25) is 0 Å². The van der Waals surface area contributed by atoms with Gasteiger partial charge in [0.25, 0.3) is 0 Å². The van der Waals surface area contributed by atoms with E-state index in [4.69, 9.17) is 0 Å². The summed E-state index contributed by atoms with van der Waals surface area (Å²) in [7, 11) is 0. The third-order valence-electron chi connectivity index (χ3n) is 3.25. The average molecular weight is 184 g/mol. The van der Waals surface area contributed by atoms with E-state index in [1.165, 1.54) is 25.7 Å². The van der Waals surface area contributed by atoms with Crippen molar-refractivity contribution in [2.75, 3.05) is 0 Å². The Bertz CT molecular complexity index is 122. The van der Waals surface area contributed by atoms with Crippen LogP contribution in [-0.4, -0.2) is 0 Å². The minimum absolute atomic E-state index is 0.549. The van der Waals surface area contributed by atoms with E-state index in [9.17, 15) is 0 Å². The minimum Gasteiger partial charge on any atom is -0.0654 e. The summed E-state index contributed by atoms with van der Waals surface area (Å²) in [4.78, 5) is 0. The van der Waals surface area contributed by atoms with Crippen LogP contribution < -0.4 is 0 Å². The molecule has 0 rings (SSSR count). The lowest BCUT2D eigenvalue weighted by Crippen LogP contribution is -2.24. The molecule has 0 spiro atoms. The van der Waals surface area contributed by atoms with Gasteiger partial charge in [-0.3, -0.25) is 0 Å². The van der Waals surface area contributed by atoms with Crippen LogP contribution in [0.3, 0.4) is 0 Å². The predicted molar refractivity (Wildman–Crippen MR) is 61.9 cm³/mol. The van der Waals surface area contributed by atoms with Crippen LogP contribution in [0.2, 0.25) is 0 Å². The van der Waals surface area contributed by atoms with Crippen LogP contribution in [0.4, 0.5) is 0 Å². The summed E-state index contributed by atoms with van der Waals surface area (Å²) in [5.74, 6) is 1.76. The Balaban J connectivity index is 4.19. The van der Waals surface area contributed by atoms with Crippen LogP contribution in [0.25, 0.3) is 0 Å². The minimum atomic E-state index is 0.549. The highest BCUT2D eigenvalue weighted by molar-refractivity contribution is 4.77. The second kappa shape index (κ2) is 5.67. The zero-order valence-electron chi connectivity index (χ0n) is 10.5. The molecule has 0 aromatic carbocycles. The fraction of sp³-hybridized carbons (Fsp3) is 1.00. The van der Waals surface area contributed by atoms with Crippen molar-refractivity contribution in [3.05, 3.63) is 0 Å². The van der Waals surface area contributed by atoms with Crippen LogP contribution in [0, 0.1) is 17.3 Å². The molecule has 0 N–H and O–H groups in total. The molecule has 0 saturated heterocycles. The van der Waals surface area contributed by atoms with Gasteiger partial charge in [0.15, 0.2) is 0 Å². The molecular formula is C13H28. The van der Waals surface area contributed by atoms with E-state index in [0.717, 1.165) is 11.8 Å². The topological polar surface area (TPSA) is 0 Å². The summed E-state index contributed by atoms with van der Waals surface area (Å²) < 4.78 is 0. The Labute approximate surface area is 85.1 Å². The SMILES string of the molecule is CCCC(C)(C)C(CC)CC(C)C. The number of hydrogen-bond donors (Lipinski definition) is 0. The maximum Gasteiger partial charge on any atom is -0.0326 e. The van der Waals surface area contributed by atoms with Crippen LogP contribution in [0.5, 0.6) is 0 Å². The van der Waals surface area contributed by atoms with Crippen molar-refractivity contribution in [2.45, 2.75) is 67.2 Å². The molecule has 0 aliphatic rings. The zero-order chi connectivity index (χ0) is 10.5. The first-order chi connectivity index (χ1) is 5.94. The smallest absolute Gasteiger partial charge is 0.0326 e. The van der Waals surface area contributed by atoms with Crippen molar-refractivity contribution < 1.29 is 0 Å². The van der Waals surface area contributed by atoms with Crippen molar-refractivity contribution >= 4 is 0 Å². The quantitative estimate of drug-likeness (QED) is 0.551. The fourth-order valence-electron chi connectivity index (χ4n) is 2.46. The molecule has 0 radical (unpaired) electrons. The molecule has 0 aliphatic heterocycles. The largest absolute Gasteiger partial charge is 0.0654 e. The molecule has 0 aromatic heterocycles. The van der Waals surface area contributed by atoms with E-state index in [2.05, 4.69) is 41.5 Å². The van der Waals surface area contributed by atoms with E-state index < -0.39 is 0 Å². The Morgan fingerprint density at radius 1 is 1.08 bits per heavy atom. The van der Waals surface area contributed by atoms with E-state index in [1.807, 2.05) is 0 Å². The first-order valence-electron chi connectivity index (χ1n) is 5.94. The molecule has 1 atom stereocenters. The standard InChI is InChI=1S/C13H28/c1-7-9-13(5,6)12(8-2)10-11(3)4/h11-12H,7-10H2,1-6H3. The molecule has 80 valence electrons. The van der Waals surface area contributed by atoms with Gasteiger partial charge in [-0.2, -0.15) is 0 Å². The molecule has 0 fully saturated rings. The first-order valence-corrected chi connectivity index (χ1v) is 5.94.